The highest BCUT2D eigenvalue weighted by Gasteiger charge is 1.93. The fourth-order valence-electron chi connectivity index (χ4n) is 0.954. The van der Waals surface area contributed by atoms with Crippen LogP contribution in [0, 0.1) is 6.92 Å². The molecule has 0 aliphatic heterocycles. The summed E-state index contributed by atoms with van der Waals surface area (Å²) in [6.07, 6.45) is 2.92. The molecule has 0 spiro atoms. The molecule has 0 atom stereocenters. The number of carbonyl (C=O) groups is 1. The molecule has 74 valence electrons. The Kier molecular flexibility index (Phi) is 3.88. The lowest BCUT2D eigenvalue weighted by Gasteiger charge is -1.95. The van der Waals surface area contributed by atoms with Crippen molar-refractivity contribution in [3.05, 3.63) is 41.5 Å². The lowest BCUT2D eigenvalue weighted by atomic mass is 10.1. The average Bonchev–Trinajstić information content (AvgIpc) is 2.17. The second-order valence-electron chi connectivity index (χ2n) is 2.84. The van der Waals surface area contributed by atoms with Gasteiger partial charge >= 0.3 is 5.97 Å². The quantitative estimate of drug-likeness (QED) is 0.448. The number of rotatable bonds is 3. The van der Waals surface area contributed by atoms with Gasteiger partial charge < -0.3 is 9.84 Å². The first kappa shape index (κ1) is 10.5. The Labute approximate surface area is 82.6 Å². The normalized spacial score (nSPS) is 10.4. The summed E-state index contributed by atoms with van der Waals surface area (Å²) in [6.45, 7) is 1.41. The Morgan fingerprint density at radius 1 is 1.43 bits per heavy atom. The molecule has 0 unspecified atom stereocenters. The maximum atomic E-state index is 10.8. The van der Waals surface area contributed by atoms with Crippen LogP contribution < -0.4 is 0 Å². The minimum Gasteiger partial charge on any atom is -0.436 e. The molecule has 1 aromatic rings. The van der Waals surface area contributed by atoms with Crippen LogP contribution in [0.2, 0.25) is 0 Å². The van der Waals surface area contributed by atoms with E-state index < -0.39 is 12.8 Å². The number of benzene rings is 1. The molecule has 0 saturated heterocycles. The van der Waals surface area contributed by atoms with E-state index in [1.807, 2.05) is 31.2 Å². The van der Waals surface area contributed by atoms with Gasteiger partial charge in [0.15, 0.2) is 6.79 Å². The summed E-state index contributed by atoms with van der Waals surface area (Å²) in [5.74, 6) is -0.548. The summed E-state index contributed by atoms with van der Waals surface area (Å²) in [6, 6.07) is 7.71. The van der Waals surface area contributed by atoms with E-state index in [9.17, 15) is 4.79 Å². The van der Waals surface area contributed by atoms with Crippen LogP contribution in [0.5, 0.6) is 0 Å². The van der Waals surface area contributed by atoms with Crippen molar-refractivity contribution in [3.63, 3.8) is 0 Å². The van der Waals surface area contributed by atoms with Crippen molar-refractivity contribution in [3.8, 4) is 0 Å². The van der Waals surface area contributed by atoms with Crippen LogP contribution in [0.1, 0.15) is 11.1 Å². The number of hydrogen-bond acceptors (Lipinski definition) is 3. The summed E-state index contributed by atoms with van der Waals surface area (Å²) in [7, 11) is 0. The lowest BCUT2D eigenvalue weighted by Crippen LogP contribution is -2.00. The SMILES string of the molecule is Cc1ccc(C=CC(=O)OCO)cc1. The topological polar surface area (TPSA) is 46.5 Å². The Morgan fingerprint density at radius 2 is 2.07 bits per heavy atom. The van der Waals surface area contributed by atoms with Gasteiger partial charge in [-0.2, -0.15) is 0 Å². The highest BCUT2D eigenvalue weighted by molar-refractivity contribution is 5.86. The number of ether oxygens (including phenoxy) is 1. The van der Waals surface area contributed by atoms with Crippen LogP contribution in [-0.2, 0) is 9.53 Å². The predicted molar refractivity (Wildman–Crippen MR) is 53.4 cm³/mol. The van der Waals surface area contributed by atoms with Crippen LogP contribution in [0.15, 0.2) is 30.3 Å². The molecule has 0 saturated carbocycles. The molecule has 1 rings (SSSR count). The first-order chi connectivity index (χ1) is 6.72. The molecule has 0 aromatic heterocycles. The van der Waals surface area contributed by atoms with Crippen LogP contribution in [0.25, 0.3) is 6.08 Å². The molecule has 0 aliphatic rings. The Hall–Kier alpha value is -1.61. The summed E-state index contributed by atoms with van der Waals surface area (Å²) in [4.78, 5) is 10.8. The minimum atomic E-state index is -0.586. The number of esters is 1. The Bertz CT molecular complexity index is 325. The average molecular weight is 192 g/mol. The predicted octanol–water partition coefficient (Wildman–Crippen LogP) is 1.50. The summed E-state index contributed by atoms with van der Waals surface area (Å²) in [5.41, 5.74) is 2.09. The first-order valence-electron chi connectivity index (χ1n) is 4.25. The van der Waals surface area contributed by atoms with E-state index in [1.165, 1.54) is 11.6 Å². The van der Waals surface area contributed by atoms with Crippen molar-refractivity contribution in [2.45, 2.75) is 6.92 Å². The number of aryl methyl sites for hydroxylation is 1. The molecular formula is C11H12O3. The van der Waals surface area contributed by atoms with Crippen molar-refractivity contribution in [1.82, 2.24) is 0 Å². The van der Waals surface area contributed by atoms with E-state index >= 15 is 0 Å². The number of aliphatic hydroxyl groups is 1. The minimum absolute atomic E-state index is 0.548. The third kappa shape index (κ3) is 3.41. The molecule has 14 heavy (non-hydrogen) atoms. The fourth-order valence-corrected chi connectivity index (χ4v) is 0.954. The van der Waals surface area contributed by atoms with Crippen LogP contribution in [-0.4, -0.2) is 17.9 Å². The molecule has 0 fully saturated rings. The van der Waals surface area contributed by atoms with Gasteiger partial charge in [-0.1, -0.05) is 29.8 Å². The first-order valence-corrected chi connectivity index (χ1v) is 4.25. The van der Waals surface area contributed by atoms with Crippen molar-refractivity contribution < 1.29 is 14.6 Å². The third-order valence-electron chi connectivity index (χ3n) is 1.70. The zero-order valence-electron chi connectivity index (χ0n) is 7.93. The molecule has 3 heteroatoms. The molecular weight excluding hydrogens is 180 g/mol. The molecule has 1 N–H and O–H groups in total. The van der Waals surface area contributed by atoms with Crippen molar-refractivity contribution in [2.75, 3.05) is 6.79 Å². The second-order valence-corrected chi connectivity index (χ2v) is 2.84. The molecule has 0 amide bonds. The van der Waals surface area contributed by atoms with Crippen molar-refractivity contribution in [1.29, 1.82) is 0 Å². The molecule has 0 heterocycles. The van der Waals surface area contributed by atoms with E-state index in [0.717, 1.165) is 5.56 Å². The zero-order chi connectivity index (χ0) is 10.4. The lowest BCUT2D eigenvalue weighted by molar-refractivity contribution is -0.145. The van der Waals surface area contributed by atoms with E-state index in [0.29, 0.717) is 0 Å². The van der Waals surface area contributed by atoms with Gasteiger partial charge in [0.2, 0.25) is 0 Å². The standard InChI is InChI=1S/C11H12O3/c1-9-2-4-10(5-3-9)6-7-11(13)14-8-12/h2-7,12H,8H2,1H3. The zero-order valence-corrected chi connectivity index (χ0v) is 7.93. The van der Waals surface area contributed by atoms with Gasteiger partial charge in [0.05, 0.1) is 0 Å². The number of aliphatic hydroxyl groups excluding tert-OH is 1. The maximum Gasteiger partial charge on any atom is 0.332 e. The van der Waals surface area contributed by atoms with Crippen molar-refractivity contribution in [2.24, 2.45) is 0 Å². The van der Waals surface area contributed by atoms with Crippen LogP contribution in [0.4, 0.5) is 0 Å². The second kappa shape index (κ2) is 5.19. The summed E-state index contributed by atoms with van der Waals surface area (Å²) in [5, 5.41) is 8.29. The monoisotopic (exact) mass is 192 g/mol. The summed E-state index contributed by atoms with van der Waals surface area (Å²) < 4.78 is 4.32. The van der Waals surface area contributed by atoms with Gasteiger partial charge in [-0.15, -0.1) is 0 Å². The van der Waals surface area contributed by atoms with E-state index in [1.54, 1.807) is 6.08 Å². The van der Waals surface area contributed by atoms with Gasteiger partial charge in [0.1, 0.15) is 0 Å². The molecule has 0 radical (unpaired) electrons. The van der Waals surface area contributed by atoms with Crippen molar-refractivity contribution >= 4 is 12.0 Å². The highest BCUT2D eigenvalue weighted by atomic mass is 16.6. The maximum absolute atomic E-state index is 10.8. The van der Waals surface area contributed by atoms with E-state index in [4.69, 9.17) is 5.11 Å². The Morgan fingerprint density at radius 3 is 2.64 bits per heavy atom. The molecule has 0 bridgehead atoms. The van der Waals surface area contributed by atoms with Crippen LogP contribution >= 0.6 is 0 Å². The van der Waals surface area contributed by atoms with E-state index in [-0.39, 0.29) is 0 Å². The largest absolute Gasteiger partial charge is 0.436 e. The van der Waals surface area contributed by atoms with Gasteiger partial charge in [-0.25, -0.2) is 4.79 Å². The third-order valence-corrected chi connectivity index (χ3v) is 1.70. The fraction of sp³-hybridized carbons (Fsp3) is 0.182. The smallest absolute Gasteiger partial charge is 0.332 e. The van der Waals surface area contributed by atoms with Gasteiger partial charge in [0.25, 0.3) is 0 Å². The van der Waals surface area contributed by atoms with Crippen LogP contribution in [0.3, 0.4) is 0 Å². The van der Waals surface area contributed by atoms with Gasteiger partial charge in [-0.05, 0) is 18.6 Å². The Balaban J connectivity index is 2.60. The molecule has 3 nitrogen and oxygen atoms in total. The van der Waals surface area contributed by atoms with E-state index in [2.05, 4.69) is 4.74 Å². The number of carbonyl (C=O) groups excluding carboxylic acids is 1. The van der Waals surface area contributed by atoms with Gasteiger partial charge in [0, 0.05) is 6.08 Å². The summed E-state index contributed by atoms with van der Waals surface area (Å²) >= 11 is 0. The molecule has 0 aliphatic carbocycles. The van der Waals surface area contributed by atoms with Gasteiger partial charge in [-0.3, -0.25) is 0 Å². The number of hydrogen-bond donors (Lipinski definition) is 1. The highest BCUT2D eigenvalue weighted by Crippen LogP contribution is 2.04. The molecule has 1 aromatic carbocycles.